The zero-order valence-electron chi connectivity index (χ0n) is 11.4. The molecule has 0 amide bonds. The summed E-state index contributed by atoms with van der Waals surface area (Å²) in [6.07, 6.45) is 0.747. The van der Waals surface area contributed by atoms with Crippen molar-refractivity contribution in [2.45, 2.75) is 32.4 Å². The first-order chi connectivity index (χ1) is 8.77. The fraction of sp³-hybridized carbons (Fsp3) is 0.500. The summed E-state index contributed by atoms with van der Waals surface area (Å²) in [7, 11) is -3.47. The fourth-order valence-corrected chi connectivity index (χ4v) is 3.45. The predicted molar refractivity (Wildman–Crippen MR) is 73.4 cm³/mol. The molecule has 0 saturated heterocycles. The van der Waals surface area contributed by atoms with E-state index in [4.69, 9.17) is 0 Å². The van der Waals surface area contributed by atoms with Gasteiger partial charge < -0.3 is 0 Å². The third-order valence-electron chi connectivity index (χ3n) is 3.25. The Balaban J connectivity index is 2.90. The van der Waals surface area contributed by atoms with Crippen LogP contribution < -0.4 is 0 Å². The number of hydrogen-bond donors (Lipinski definition) is 0. The molecule has 0 fully saturated rings. The number of carbonyl (C=O) groups is 1. The normalized spacial score (nSPS) is 14.9. The van der Waals surface area contributed by atoms with Crippen molar-refractivity contribution in [3.8, 4) is 0 Å². The van der Waals surface area contributed by atoms with Crippen molar-refractivity contribution in [3.05, 3.63) is 35.6 Å². The molecule has 0 aliphatic carbocycles. The standard InChI is InChI=1S/C14H19FO3S/c1-4-10(2)9-19(17,18)11(3)14(16)12-5-7-13(15)8-6-12/h5-8,10-11H,4,9H2,1-3H3. The van der Waals surface area contributed by atoms with Gasteiger partial charge in [-0.2, -0.15) is 0 Å². The average molecular weight is 286 g/mol. The Kier molecular flexibility index (Phi) is 5.23. The van der Waals surface area contributed by atoms with Crippen molar-refractivity contribution in [3.63, 3.8) is 0 Å². The Morgan fingerprint density at radius 2 is 1.74 bits per heavy atom. The van der Waals surface area contributed by atoms with Crippen LogP contribution in [0.25, 0.3) is 0 Å². The van der Waals surface area contributed by atoms with Gasteiger partial charge in [-0.1, -0.05) is 20.3 Å². The average Bonchev–Trinajstić information content (AvgIpc) is 2.37. The molecule has 0 N–H and O–H groups in total. The molecule has 0 aliphatic heterocycles. The minimum atomic E-state index is -3.47. The Labute approximate surface area is 113 Å². The number of Topliss-reactive ketones (excluding diaryl/α,β-unsaturated/α-hetero) is 1. The second-order valence-corrected chi connectivity index (χ2v) is 7.22. The molecule has 0 aliphatic rings. The van der Waals surface area contributed by atoms with Crippen molar-refractivity contribution in [1.29, 1.82) is 0 Å². The van der Waals surface area contributed by atoms with Crippen molar-refractivity contribution in [2.24, 2.45) is 5.92 Å². The van der Waals surface area contributed by atoms with Gasteiger partial charge in [0.05, 0.1) is 5.75 Å². The van der Waals surface area contributed by atoms with Crippen LogP contribution in [0.1, 0.15) is 37.6 Å². The van der Waals surface area contributed by atoms with Crippen molar-refractivity contribution >= 4 is 15.6 Å². The SMILES string of the molecule is CCC(C)CS(=O)(=O)C(C)C(=O)c1ccc(F)cc1. The van der Waals surface area contributed by atoms with Gasteiger partial charge in [-0.3, -0.25) is 4.79 Å². The van der Waals surface area contributed by atoms with E-state index in [9.17, 15) is 17.6 Å². The highest BCUT2D eigenvalue weighted by Gasteiger charge is 2.29. The van der Waals surface area contributed by atoms with Gasteiger partial charge in [0, 0.05) is 5.56 Å². The first-order valence-electron chi connectivity index (χ1n) is 6.29. The Morgan fingerprint density at radius 3 is 2.21 bits per heavy atom. The molecule has 0 aromatic heterocycles. The van der Waals surface area contributed by atoms with E-state index in [1.54, 1.807) is 0 Å². The molecule has 1 aromatic carbocycles. The molecule has 1 rings (SSSR count). The molecule has 5 heteroatoms. The van der Waals surface area contributed by atoms with E-state index in [0.717, 1.165) is 18.6 Å². The van der Waals surface area contributed by atoms with E-state index in [2.05, 4.69) is 0 Å². The fourth-order valence-electron chi connectivity index (χ4n) is 1.67. The van der Waals surface area contributed by atoms with E-state index < -0.39 is 26.7 Å². The highest BCUT2D eigenvalue weighted by Crippen LogP contribution is 2.15. The van der Waals surface area contributed by atoms with E-state index in [0.29, 0.717) is 0 Å². The molecule has 0 saturated carbocycles. The molecule has 0 spiro atoms. The Hall–Kier alpha value is -1.23. The summed E-state index contributed by atoms with van der Waals surface area (Å²) in [5.41, 5.74) is 0.224. The second-order valence-electron chi connectivity index (χ2n) is 4.86. The number of ketones is 1. The van der Waals surface area contributed by atoms with Gasteiger partial charge in [0.15, 0.2) is 15.6 Å². The quantitative estimate of drug-likeness (QED) is 0.756. The maximum Gasteiger partial charge on any atom is 0.180 e. The van der Waals surface area contributed by atoms with E-state index >= 15 is 0 Å². The molecule has 2 unspecified atom stereocenters. The van der Waals surface area contributed by atoms with Crippen LogP contribution >= 0.6 is 0 Å². The second kappa shape index (κ2) is 6.28. The zero-order chi connectivity index (χ0) is 14.6. The number of hydrogen-bond acceptors (Lipinski definition) is 3. The summed E-state index contributed by atoms with van der Waals surface area (Å²) in [4.78, 5) is 12.1. The van der Waals surface area contributed by atoms with Crippen LogP contribution in [0.2, 0.25) is 0 Å². The molecular formula is C14H19FO3S. The molecule has 0 heterocycles. The van der Waals surface area contributed by atoms with Gasteiger partial charge in [0.2, 0.25) is 0 Å². The van der Waals surface area contributed by atoms with Gasteiger partial charge in [-0.25, -0.2) is 12.8 Å². The number of benzene rings is 1. The molecule has 1 aromatic rings. The summed E-state index contributed by atoms with van der Waals surface area (Å²) >= 11 is 0. The van der Waals surface area contributed by atoms with Gasteiger partial charge in [-0.05, 0) is 37.1 Å². The van der Waals surface area contributed by atoms with Gasteiger partial charge in [0.25, 0.3) is 0 Å². The molecule has 106 valence electrons. The van der Waals surface area contributed by atoms with Gasteiger partial charge in [-0.15, -0.1) is 0 Å². The summed E-state index contributed by atoms with van der Waals surface area (Å²) in [6, 6.07) is 4.93. The van der Waals surface area contributed by atoms with Crippen LogP contribution in [-0.2, 0) is 9.84 Å². The molecule has 3 nitrogen and oxygen atoms in total. The number of rotatable bonds is 6. The molecular weight excluding hydrogens is 267 g/mol. The van der Waals surface area contributed by atoms with Crippen LogP contribution in [0.4, 0.5) is 4.39 Å². The summed E-state index contributed by atoms with van der Waals surface area (Å²) in [6.45, 7) is 5.14. The lowest BCUT2D eigenvalue weighted by atomic mass is 10.1. The zero-order valence-corrected chi connectivity index (χ0v) is 12.2. The number of sulfone groups is 1. The van der Waals surface area contributed by atoms with Crippen LogP contribution in [0.15, 0.2) is 24.3 Å². The lowest BCUT2D eigenvalue weighted by Crippen LogP contribution is -2.31. The smallest absolute Gasteiger partial charge is 0.180 e. The minimum Gasteiger partial charge on any atom is -0.293 e. The predicted octanol–water partition coefficient (Wildman–Crippen LogP) is 2.86. The van der Waals surface area contributed by atoms with Crippen molar-refractivity contribution in [1.82, 2.24) is 0 Å². The van der Waals surface area contributed by atoms with Crippen LogP contribution in [0, 0.1) is 11.7 Å². The molecule has 19 heavy (non-hydrogen) atoms. The molecule has 0 radical (unpaired) electrons. The highest BCUT2D eigenvalue weighted by atomic mass is 32.2. The third kappa shape index (κ3) is 4.13. The largest absolute Gasteiger partial charge is 0.293 e. The van der Waals surface area contributed by atoms with Crippen LogP contribution in [-0.4, -0.2) is 25.2 Å². The third-order valence-corrected chi connectivity index (χ3v) is 5.58. The van der Waals surface area contributed by atoms with Gasteiger partial charge >= 0.3 is 0 Å². The number of halogens is 1. The minimum absolute atomic E-state index is 0.00238. The monoisotopic (exact) mass is 286 g/mol. The topological polar surface area (TPSA) is 51.2 Å². The first kappa shape index (κ1) is 15.8. The molecule has 2 atom stereocenters. The maximum absolute atomic E-state index is 12.8. The van der Waals surface area contributed by atoms with E-state index in [1.165, 1.54) is 19.1 Å². The lowest BCUT2D eigenvalue weighted by Gasteiger charge is -2.15. The maximum atomic E-state index is 12.8. The Bertz CT molecular complexity index is 534. The van der Waals surface area contributed by atoms with E-state index in [1.807, 2.05) is 13.8 Å². The van der Waals surface area contributed by atoms with Gasteiger partial charge in [0.1, 0.15) is 11.1 Å². The Morgan fingerprint density at radius 1 is 1.21 bits per heavy atom. The van der Waals surface area contributed by atoms with Crippen molar-refractivity contribution < 1.29 is 17.6 Å². The van der Waals surface area contributed by atoms with E-state index in [-0.39, 0.29) is 17.2 Å². The first-order valence-corrected chi connectivity index (χ1v) is 8.00. The van der Waals surface area contributed by atoms with Crippen molar-refractivity contribution in [2.75, 3.05) is 5.75 Å². The van der Waals surface area contributed by atoms with Crippen LogP contribution in [0.3, 0.4) is 0 Å². The summed E-state index contributed by atoms with van der Waals surface area (Å²) in [5.74, 6) is -0.916. The summed E-state index contributed by atoms with van der Waals surface area (Å²) in [5, 5.41) is -1.09. The number of carbonyl (C=O) groups excluding carboxylic acids is 1. The summed E-state index contributed by atoms with van der Waals surface area (Å²) < 4.78 is 36.9. The highest BCUT2D eigenvalue weighted by molar-refractivity contribution is 7.92. The van der Waals surface area contributed by atoms with Crippen LogP contribution in [0.5, 0.6) is 0 Å². The lowest BCUT2D eigenvalue weighted by molar-refractivity contribution is 0.0991. The molecule has 0 bridgehead atoms.